The van der Waals surface area contributed by atoms with Crippen LogP contribution >= 0.6 is 0 Å². The maximum absolute atomic E-state index is 11.8. The summed E-state index contributed by atoms with van der Waals surface area (Å²) >= 11 is 0. The highest BCUT2D eigenvalue weighted by atomic mass is 16.5. The van der Waals surface area contributed by atoms with Crippen molar-refractivity contribution in [1.82, 2.24) is 5.32 Å². The van der Waals surface area contributed by atoms with Crippen molar-refractivity contribution in [1.29, 1.82) is 0 Å². The lowest BCUT2D eigenvalue weighted by molar-refractivity contribution is -0.129. The van der Waals surface area contributed by atoms with Crippen LogP contribution in [0.4, 0.5) is 0 Å². The Morgan fingerprint density at radius 1 is 1.17 bits per heavy atom. The van der Waals surface area contributed by atoms with E-state index in [1.165, 1.54) is 32.1 Å². The number of hydrogen-bond acceptors (Lipinski definition) is 4. The third-order valence-electron chi connectivity index (χ3n) is 4.76. The number of ketones is 1. The van der Waals surface area contributed by atoms with Gasteiger partial charge in [-0.1, -0.05) is 26.2 Å². The maximum atomic E-state index is 11.8. The fourth-order valence-corrected chi connectivity index (χ4v) is 3.30. The smallest absolute Gasteiger partial charge is 0.220 e. The standard InChI is InChI=1S/C17H29NO3.CH4O.H2/c1-2-16(19)13-11-14(12-13)18-17(20)9-6-10-21-15-7-4-3-5-8-15;1-2;/h13-15H,2-12H2,1H3,(H,18,20);2H,1H3;1H. The summed E-state index contributed by atoms with van der Waals surface area (Å²) < 4.78 is 5.82. The molecule has 2 rings (SSSR count). The molecule has 0 atom stereocenters. The molecule has 2 aliphatic carbocycles. The van der Waals surface area contributed by atoms with E-state index in [4.69, 9.17) is 9.84 Å². The van der Waals surface area contributed by atoms with Gasteiger partial charge in [0.05, 0.1) is 6.10 Å². The Morgan fingerprint density at radius 3 is 2.43 bits per heavy atom. The van der Waals surface area contributed by atoms with Crippen LogP contribution in [0.5, 0.6) is 0 Å². The van der Waals surface area contributed by atoms with E-state index in [2.05, 4.69) is 5.32 Å². The number of carbonyl (C=O) groups is 2. The third kappa shape index (κ3) is 7.44. The number of aliphatic hydroxyl groups excluding tert-OH is 1. The monoisotopic (exact) mass is 329 g/mol. The van der Waals surface area contributed by atoms with E-state index in [1.807, 2.05) is 6.92 Å². The lowest BCUT2D eigenvalue weighted by Crippen LogP contribution is -2.46. The number of aliphatic hydroxyl groups is 1. The first-order valence-electron chi connectivity index (χ1n) is 9.07. The minimum atomic E-state index is 0. The Morgan fingerprint density at radius 2 is 1.83 bits per heavy atom. The predicted octanol–water partition coefficient (Wildman–Crippen LogP) is 2.84. The maximum Gasteiger partial charge on any atom is 0.220 e. The molecule has 0 aliphatic heterocycles. The van der Waals surface area contributed by atoms with E-state index in [0.29, 0.717) is 31.3 Å². The first-order chi connectivity index (χ1) is 11.2. The second-order valence-electron chi connectivity index (χ2n) is 6.49. The number of amides is 1. The summed E-state index contributed by atoms with van der Waals surface area (Å²) in [6.07, 6.45) is 10.3. The third-order valence-corrected chi connectivity index (χ3v) is 4.76. The molecule has 0 spiro atoms. The number of Topliss-reactive ketones (excluding diaryl/α,β-unsaturated/α-hetero) is 1. The molecule has 0 aromatic heterocycles. The predicted molar refractivity (Wildman–Crippen MR) is 92.3 cm³/mol. The molecular weight excluding hydrogens is 294 g/mol. The molecule has 0 aromatic rings. The summed E-state index contributed by atoms with van der Waals surface area (Å²) in [5, 5.41) is 10.0. The molecule has 2 N–H and O–H groups in total. The van der Waals surface area contributed by atoms with E-state index in [-0.39, 0.29) is 19.3 Å². The molecule has 2 aliphatic rings. The Labute approximate surface area is 141 Å². The molecule has 5 nitrogen and oxygen atoms in total. The SMILES string of the molecule is CCC(=O)C1CC(NC(=O)CCCOC2CCCCC2)C1.CO.[HH]. The van der Waals surface area contributed by atoms with Gasteiger partial charge in [0.2, 0.25) is 5.91 Å². The van der Waals surface area contributed by atoms with Crippen LogP contribution in [0.2, 0.25) is 0 Å². The van der Waals surface area contributed by atoms with Gasteiger partial charge in [-0.05, 0) is 32.1 Å². The van der Waals surface area contributed by atoms with Crippen molar-refractivity contribution in [3.63, 3.8) is 0 Å². The van der Waals surface area contributed by atoms with Gasteiger partial charge >= 0.3 is 0 Å². The fourth-order valence-electron chi connectivity index (χ4n) is 3.30. The van der Waals surface area contributed by atoms with Gasteiger partial charge in [-0.3, -0.25) is 9.59 Å². The Balaban J connectivity index is 0.00000170. The Bertz CT molecular complexity index is 353. The van der Waals surface area contributed by atoms with E-state index < -0.39 is 0 Å². The number of rotatable bonds is 8. The molecule has 2 saturated carbocycles. The molecule has 2 fully saturated rings. The minimum absolute atomic E-state index is 0. The van der Waals surface area contributed by atoms with Crippen molar-refractivity contribution < 1.29 is 20.9 Å². The summed E-state index contributed by atoms with van der Waals surface area (Å²) in [7, 11) is 1.00. The van der Waals surface area contributed by atoms with Crippen molar-refractivity contribution in [3.05, 3.63) is 0 Å². The highest BCUT2D eigenvalue weighted by Crippen LogP contribution is 2.29. The van der Waals surface area contributed by atoms with E-state index >= 15 is 0 Å². The summed E-state index contributed by atoms with van der Waals surface area (Å²) in [5.41, 5.74) is 0. The summed E-state index contributed by atoms with van der Waals surface area (Å²) in [4.78, 5) is 23.2. The van der Waals surface area contributed by atoms with Gasteiger partial charge in [-0.15, -0.1) is 0 Å². The molecule has 23 heavy (non-hydrogen) atoms. The van der Waals surface area contributed by atoms with E-state index in [0.717, 1.165) is 26.4 Å². The van der Waals surface area contributed by atoms with Crippen LogP contribution in [0.1, 0.15) is 72.6 Å². The van der Waals surface area contributed by atoms with Crippen molar-refractivity contribution >= 4 is 11.7 Å². The molecular formula is C18H35NO4. The van der Waals surface area contributed by atoms with Gasteiger partial charge in [0, 0.05) is 39.9 Å². The highest BCUT2D eigenvalue weighted by Gasteiger charge is 2.33. The molecule has 0 unspecified atom stereocenters. The van der Waals surface area contributed by atoms with Crippen molar-refractivity contribution in [2.45, 2.75) is 83.3 Å². The largest absolute Gasteiger partial charge is 0.400 e. The lowest BCUT2D eigenvalue weighted by atomic mass is 9.77. The molecule has 0 aromatic carbocycles. The van der Waals surface area contributed by atoms with Crippen molar-refractivity contribution in [3.8, 4) is 0 Å². The number of hydrogen-bond donors (Lipinski definition) is 2. The molecule has 136 valence electrons. The van der Waals surface area contributed by atoms with Gasteiger partial charge in [0.15, 0.2) is 0 Å². The Hall–Kier alpha value is -0.940. The van der Waals surface area contributed by atoms with Crippen molar-refractivity contribution in [2.24, 2.45) is 5.92 Å². The average molecular weight is 329 g/mol. The van der Waals surface area contributed by atoms with Crippen LogP contribution in [-0.2, 0) is 14.3 Å². The first kappa shape index (κ1) is 20.1. The lowest BCUT2D eigenvalue weighted by Gasteiger charge is -2.34. The van der Waals surface area contributed by atoms with Crippen LogP contribution in [0.15, 0.2) is 0 Å². The molecule has 0 radical (unpaired) electrons. The van der Waals surface area contributed by atoms with Gasteiger partial charge in [0.1, 0.15) is 5.78 Å². The first-order valence-corrected chi connectivity index (χ1v) is 9.07. The van der Waals surface area contributed by atoms with Crippen LogP contribution < -0.4 is 5.32 Å². The van der Waals surface area contributed by atoms with Gasteiger partial charge in [-0.2, -0.15) is 0 Å². The van der Waals surface area contributed by atoms with E-state index in [9.17, 15) is 9.59 Å². The Kier molecular flexibility index (Phi) is 10.1. The second kappa shape index (κ2) is 11.6. The van der Waals surface area contributed by atoms with Gasteiger partial charge in [-0.25, -0.2) is 0 Å². The summed E-state index contributed by atoms with van der Waals surface area (Å²) in [5.74, 6) is 0.631. The molecule has 1 amide bonds. The van der Waals surface area contributed by atoms with Gasteiger partial charge < -0.3 is 15.2 Å². The summed E-state index contributed by atoms with van der Waals surface area (Å²) in [6.45, 7) is 2.60. The molecule has 0 saturated heterocycles. The van der Waals surface area contributed by atoms with E-state index in [1.54, 1.807) is 0 Å². The molecule has 0 heterocycles. The summed E-state index contributed by atoms with van der Waals surface area (Å²) in [6, 6.07) is 0.220. The zero-order valence-corrected chi connectivity index (χ0v) is 14.7. The van der Waals surface area contributed by atoms with Crippen molar-refractivity contribution in [2.75, 3.05) is 13.7 Å². The van der Waals surface area contributed by atoms with Gasteiger partial charge in [0.25, 0.3) is 0 Å². The zero-order valence-electron chi connectivity index (χ0n) is 14.7. The average Bonchev–Trinajstić information content (AvgIpc) is 2.56. The minimum Gasteiger partial charge on any atom is -0.400 e. The highest BCUT2D eigenvalue weighted by molar-refractivity contribution is 5.82. The van der Waals surface area contributed by atoms with Crippen LogP contribution in [0.25, 0.3) is 0 Å². The normalized spacial score (nSPS) is 24.1. The topological polar surface area (TPSA) is 75.6 Å². The molecule has 0 bridgehead atoms. The number of nitrogens with one attached hydrogen (secondary N) is 1. The van der Waals surface area contributed by atoms with Crippen LogP contribution in [0, 0.1) is 5.92 Å². The second-order valence-corrected chi connectivity index (χ2v) is 6.49. The zero-order chi connectivity index (χ0) is 17.1. The van der Waals surface area contributed by atoms with Crippen LogP contribution in [0.3, 0.4) is 0 Å². The quantitative estimate of drug-likeness (QED) is 0.671. The fraction of sp³-hybridized carbons (Fsp3) is 0.889. The number of carbonyl (C=O) groups excluding carboxylic acids is 2. The molecule has 5 heteroatoms. The van der Waals surface area contributed by atoms with Crippen LogP contribution in [-0.4, -0.2) is 42.7 Å². The number of ether oxygens (including phenoxy) is 1.